The van der Waals surface area contributed by atoms with E-state index in [-0.39, 0.29) is 12.0 Å². The molecule has 112 valence electrons. The highest BCUT2D eigenvalue weighted by Crippen LogP contribution is 2.31. The molecule has 21 heavy (non-hydrogen) atoms. The first kappa shape index (κ1) is 14.0. The van der Waals surface area contributed by atoms with E-state index in [0.717, 1.165) is 37.1 Å². The predicted octanol–water partition coefficient (Wildman–Crippen LogP) is 2.79. The SMILES string of the molecule is Cc1noc(-c2ncccc2O)c1COC1CCCCO1. The van der Waals surface area contributed by atoms with Crippen molar-refractivity contribution in [2.45, 2.75) is 39.1 Å². The lowest BCUT2D eigenvalue weighted by Gasteiger charge is -2.22. The van der Waals surface area contributed by atoms with Crippen molar-refractivity contribution < 1.29 is 19.1 Å². The first-order valence-electron chi connectivity index (χ1n) is 7.08. The molecule has 1 aliphatic heterocycles. The number of nitrogens with zero attached hydrogens (tertiary/aromatic N) is 2. The molecule has 1 atom stereocenters. The molecule has 1 unspecified atom stereocenters. The number of aromatic nitrogens is 2. The summed E-state index contributed by atoms with van der Waals surface area (Å²) in [5, 5.41) is 13.8. The van der Waals surface area contributed by atoms with Crippen LogP contribution in [0, 0.1) is 6.92 Å². The van der Waals surface area contributed by atoms with Crippen LogP contribution < -0.4 is 0 Å². The number of pyridine rings is 1. The van der Waals surface area contributed by atoms with Crippen LogP contribution in [0.3, 0.4) is 0 Å². The Morgan fingerprint density at radius 3 is 3.10 bits per heavy atom. The average Bonchev–Trinajstić information content (AvgIpc) is 2.88. The molecule has 0 amide bonds. The third kappa shape index (κ3) is 3.06. The Hall–Kier alpha value is -1.92. The molecule has 0 saturated carbocycles. The summed E-state index contributed by atoms with van der Waals surface area (Å²) < 4.78 is 16.6. The Labute approximate surface area is 122 Å². The van der Waals surface area contributed by atoms with Crippen LogP contribution in [-0.2, 0) is 16.1 Å². The van der Waals surface area contributed by atoms with E-state index < -0.39 is 0 Å². The molecule has 1 N–H and O–H groups in total. The second kappa shape index (κ2) is 6.24. The standard InChI is InChI=1S/C15H18N2O4/c1-10-11(9-20-13-6-2-3-8-19-13)15(21-17-10)14-12(18)5-4-7-16-14/h4-5,7,13,18H,2-3,6,8-9H2,1H3. The lowest BCUT2D eigenvalue weighted by atomic mass is 10.1. The van der Waals surface area contributed by atoms with Crippen LogP contribution in [0.25, 0.3) is 11.5 Å². The van der Waals surface area contributed by atoms with E-state index in [1.807, 2.05) is 6.92 Å². The zero-order valence-corrected chi connectivity index (χ0v) is 11.9. The van der Waals surface area contributed by atoms with Gasteiger partial charge in [-0.05, 0) is 38.3 Å². The number of hydrogen-bond acceptors (Lipinski definition) is 6. The summed E-state index contributed by atoms with van der Waals surface area (Å²) in [5.41, 5.74) is 1.89. The molecule has 0 bridgehead atoms. The number of hydrogen-bond donors (Lipinski definition) is 1. The molecular formula is C15H18N2O4. The van der Waals surface area contributed by atoms with Crippen LogP contribution in [0.1, 0.15) is 30.5 Å². The summed E-state index contributed by atoms with van der Waals surface area (Å²) >= 11 is 0. The molecule has 2 aromatic heterocycles. The normalized spacial score (nSPS) is 18.8. The number of rotatable bonds is 4. The van der Waals surface area contributed by atoms with E-state index in [0.29, 0.717) is 18.1 Å². The van der Waals surface area contributed by atoms with Gasteiger partial charge < -0.3 is 19.1 Å². The van der Waals surface area contributed by atoms with Crippen molar-refractivity contribution in [2.24, 2.45) is 0 Å². The van der Waals surface area contributed by atoms with Crippen LogP contribution in [0.5, 0.6) is 5.75 Å². The first-order valence-corrected chi connectivity index (χ1v) is 7.08. The van der Waals surface area contributed by atoms with E-state index in [1.54, 1.807) is 18.3 Å². The average molecular weight is 290 g/mol. The van der Waals surface area contributed by atoms with Gasteiger partial charge >= 0.3 is 0 Å². The fourth-order valence-electron chi connectivity index (χ4n) is 2.34. The van der Waals surface area contributed by atoms with Crippen LogP contribution in [0.15, 0.2) is 22.9 Å². The molecule has 6 nitrogen and oxygen atoms in total. The lowest BCUT2D eigenvalue weighted by Crippen LogP contribution is -2.22. The molecule has 3 rings (SSSR count). The molecular weight excluding hydrogens is 272 g/mol. The third-order valence-corrected chi connectivity index (χ3v) is 3.54. The number of ether oxygens (including phenoxy) is 2. The van der Waals surface area contributed by atoms with Crippen LogP contribution >= 0.6 is 0 Å². The monoisotopic (exact) mass is 290 g/mol. The molecule has 3 heterocycles. The summed E-state index contributed by atoms with van der Waals surface area (Å²) in [6, 6.07) is 3.23. The van der Waals surface area contributed by atoms with Gasteiger partial charge in [-0.3, -0.25) is 0 Å². The van der Waals surface area contributed by atoms with Crippen molar-refractivity contribution in [2.75, 3.05) is 6.61 Å². The maximum atomic E-state index is 9.90. The largest absolute Gasteiger partial charge is 0.506 e. The molecule has 0 aliphatic carbocycles. The van der Waals surface area contributed by atoms with E-state index in [4.69, 9.17) is 14.0 Å². The smallest absolute Gasteiger partial charge is 0.194 e. The van der Waals surface area contributed by atoms with Gasteiger partial charge in [0.25, 0.3) is 0 Å². The second-order valence-electron chi connectivity index (χ2n) is 5.05. The fraction of sp³-hybridized carbons (Fsp3) is 0.467. The van der Waals surface area contributed by atoms with Crippen LogP contribution in [-0.4, -0.2) is 28.1 Å². The van der Waals surface area contributed by atoms with Gasteiger partial charge in [0.2, 0.25) is 0 Å². The van der Waals surface area contributed by atoms with Crippen molar-refractivity contribution in [3.63, 3.8) is 0 Å². The summed E-state index contributed by atoms with van der Waals surface area (Å²) in [7, 11) is 0. The lowest BCUT2D eigenvalue weighted by molar-refractivity contribution is -0.168. The highest BCUT2D eigenvalue weighted by molar-refractivity contribution is 5.63. The second-order valence-corrected chi connectivity index (χ2v) is 5.05. The van der Waals surface area contributed by atoms with Gasteiger partial charge in [0, 0.05) is 12.8 Å². The zero-order valence-electron chi connectivity index (χ0n) is 11.9. The Morgan fingerprint density at radius 1 is 1.43 bits per heavy atom. The summed E-state index contributed by atoms with van der Waals surface area (Å²) in [5.74, 6) is 0.505. The third-order valence-electron chi connectivity index (χ3n) is 3.54. The van der Waals surface area contributed by atoms with Crippen molar-refractivity contribution in [3.8, 4) is 17.2 Å². The molecule has 0 radical (unpaired) electrons. The highest BCUT2D eigenvalue weighted by Gasteiger charge is 2.21. The van der Waals surface area contributed by atoms with Crippen molar-refractivity contribution >= 4 is 0 Å². The zero-order chi connectivity index (χ0) is 14.7. The number of aryl methyl sites for hydroxylation is 1. The maximum Gasteiger partial charge on any atom is 0.194 e. The molecule has 0 spiro atoms. The van der Waals surface area contributed by atoms with Crippen molar-refractivity contribution in [1.29, 1.82) is 0 Å². The summed E-state index contributed by atoms with van der Waals surface area (Å²) in [6.45, 7) is 2.90. The summed E-state index contributed by atoms with van der Waals surface area (Å²) in [6.07, 6.45) is 4.51. The molecule has 0 aromatic carbocycles. The van der Waals surface area contributed by atoms with Gasteiger partial charge in [0.15, 0.2) is 17.7 Å². The predicted molar refractivity (Wildman–Crippen MR) is 74.5 cm³/mol. The Morgan fingerprint density at radius 2 is 2.33 bits per heavy atom. The highest BCUT2D eigenvalue weighted by atomic mass is 16.7. The van der Waals surface area contributed by atoms with Crippen molar-refractivity contribution in [1.82, 2.24) is 10.1 Å². The summed E-state index contributed by atoms with van der Waals surface area (Å²) in [4.78, 5) is 4.15. The molecule has 2 aromatic rings. The minimum Gasteiger partial charge on any atom is -0.506 e. The molecule has 1 saturated heterocycles. The maximum absolute atomic E-state index is 9.90. The molecule has 6 heteroatoms. The van der Waals surface area contributed by atoms with Crippen molar-refractivity contribution in [3.05, 3.63) is 29.6 Å². The van der Waals surface area contributed by atoms with Gasteiger partial charge in [-0.15, -0.1) is 0 Å². The topological polar surface area (TPSA) is 77.6 Å². The van der Waals surface area contributed by atoms with E-state index in [9.17, 15) is 5.11 Å². The molecule has 1 fully saturated rings. The Bertz CT molecular complexity index is 605. The molecule has 1 aliphatic rings. The number of aromatic hydroxyl groups is 1. The Balaban J connectivity index is 1.79. The van der Waals surface area contributed by atoms with Crippen LogP contribution in [0.2, 0.25) is 0 Å². The Kier molecular flexibility index (Phi) is 4.17. The minimum absolute atomic E-state index is 0.0591. The fourth-order valence-corrected chi connectivity index (χ4v) is 2.34. The van der Waals surface area contributed by atoms with Crippen LogP contribution in [0.4, 0.5) is 0 Å². The first-order chi connectivity index (χ1) is 10.3. The van der Waals surface area contributed by atoms with Gasteiger partial charge in [-0.1, -0.05) is 5.16 Å². The minimum atomic E-state index is -0.182. The quantitative estimate of drug-likeness (QED) is 0.933. The van der Waals surface area contributed by atoms with Gasteiger partial charge in [-0.25, -0.2) is 4.98 Å². The van der Waals surface area contributed by atoms with E-state index in [2.05, 4.69) is 10.1 Å². The van der Waals surface area contributed by atoms with E-state index >= 15 is 0 Å². The van der Waals surface area contributed by atoms with Gasteiger partial charge in [-0.2, -0.15) is 0 Å². The van der Waals surface area contributed by atoms with Gasteiger partial charge in [0.05, 0.1) is 17.9 Å². The van der Waals surface area contributed by atoms with Gasteiger partial charge in [0.1, 0.15) is 5.75 Å². The van der Waals surface area contributed by atoms with E-state index in [1.165, 1.54) is 0 Å².